The Morgan fingerprint density at radius 1 is 0.565 bits per heavy atom. The van der Waals surface area contributed by atoms with Crippen molar-refractivity contribution in [3.63, 3.8) is 0 Å². The van der Waals surface area contributed by atoms with Crippen LogP contribution in [0.3, 0.4) is 0 Å². The van der Waals surface area contributed by atoms with Crippen molar-refractivity contribution >= 4 is 58.3 Å². The molecule has 0 aliphatic heterocycles. The first-order chi connectivity index (χ1) is 21.8. The second-order valence-corrected chi connectivity index (χ2v) is 12.8. The fourth-order valence-corrected chi connectivity index (χ4v) is 5.52. The molecule has 2 aromatic heterocycles. The molecular weight excluding hydrogens is 674 g/mol. The van der Waals surface area contributed by atoms with Crippen LogP contribution in [0.1, 0.15) is 73.0 Å². The number of carbonyl (C=O) groups is 2. The van der Waals surface area contributed by atoms with Gasteiger partial charge in [-0.2, -0.15) is 0 Å². The van der Waals surface area contributed by atoms with E-state index in [0.717, 1.165) is 0 Å². The molecule has 0 radical (unpaired) electrons. The Bertz CT molecular complexity index is 1470. The van der Waals surface area contributed by atoms with Crippen LogP contribution >= 0.6 is 46.4 Å². The van der Waals surface area contributed by atoms with Crippen molar-refractivity contribution in [3.8, 4) is 0 Å². The molecule has 2 unspecified atom stereocenters. The number of halogens is 4. The monoisotopic (exact) mass is 706 g/mol. The van der Waals surface area contributed by atoms with Crippen LogP contribution in [-0.2, 0) is 9.59 Å². The number of hydrogen-bond donors (Lipinski definition) is 4. The average Bonchev–Trinajstić information content (AvgIpc) is 3.02. The van der Waals surface area contributed by atoms with Gasteiger partial charge in [-0.1, -0.05) is 84.5 Å². The van der Waals surface area contributed by atoms with E-state index in [1.54, 1.807) is 86.9 Å². The van der Waals surface area contributed by atoms with E-state index in [9.17, 15) is 30.0 Å². The number of aliphatic hydroxyl groups is 2. The smallest absolute Gasteiger partial charge is 0.306 e. The average molecular weight is 708 g/mol. The van der Waals surface area contributed by atoms with Crippen molar-refractivity contribution in [2.75, 3.05) is 0 Å². The quantitative estimate of drug-likeness (QED) is 0.115. The SMILES string of the molecule is CC(C[C@@H](c1cncc(Cl)c1)[C@H](O)c1ccc(Cl)cc1)C(=O)O.CC(C[C@H](c1cncc(Cl)c1)[C@@H](O)c1ccc(Cl)cc1)C(=O)O. The maximum absolute atomic E-state index is 11.2. The van der Waals surface area contributed by atoms with Crippen LogP contribution in [0, 0.1) is 11.8 Å². The van der Waals surface area contributed by atoms with Crippen LogP contribution in [0.5, 0.6) is 0 Å². The van der Waals surface area contributed by atoms with Crippen LogP contribution in [0.25, 0.3) is 0 Å². The first kappa shape index (κ1) is 37.2. The molecule has 4 aromatic rings. The third-order valence-corrected chi connectivity index (χ3v) is 8.47. The van der Waals surface area contributed by atoms with Gasteiger partial charge in [-0.15, -0.1) is 0 Å². The van der Waals surface area contributed by atoms with Gasteiger partial charge in [-0.25, -0.2) is 0 Å². The Kier molecular flexibility index (Phi) is 14.3. The Morgan fingerprint density at radius 3 is 1.17 bits per heavy atom. The van der Waals surface area contributed by atoms with Crippen molar-refractivity contribution < 1.29 is 30.0 Å². The highest BCUT2D eigenvalue weighted by Crippen LogP contribution is 2.38. The van der Waals surface area contributed by atoms with Gasteiger partial charge < -0.3 is 20.4 Å². The lowest BCUT2D eigenvalue weighted by Crippen LogP contribution is -2.19. The van der Waals surface area contributed by atoms with Crippen molar-refractivity contribution in [2.24, 2.45) is 11.8 Å². The lowest BCUT2D eigenvalue weighted by Gasteiger charge is -2.25. The van der Waals surface area contributed by atoms with Crippen molar-refractivity contribution in [1.29, 1.82) is 0 Å². The summed E-state index contributed by atoms with van der Waals surface area (Å²) in [5.74, 6) is -3.91. The Labute approximate surface area is 287 Å². The molecule has 8 nitrogen and oxygen atoms in total. The molecule has 4 N–H and O–H groups in total. The number of benzene rings is 2. The lowest BCUT2D eigenvalue weighted by atomic mass is 9.83. The minimum Gasteiger partial charge on any atom is -0.481 e. The van der Waals surface area contributed by atoms with E-state index in [-0.39, 0.29) is 12.8 Å². The van der Waals surface area contributed by atoms with E-state index in [0.29, 0.717) is 42.3 Å². The standard InChI is InChI=1S/2C17H17Cl2NO3/c2*1-10(17(22)23)6-15(12-7-14(19)9-20-8-12)16(21)11-2-4-13(18)5-3-11/h2*2-5,7-10,15-16,21H,6H2,1H3,(H,22,23)/t2*10?,15-,16+/m10/s1. The van der Waals surface area contributed by atoms with Gasteiger partial charge in [0.2, 0.25) is 0 Å². The van der Waals surface area contributed by atoms with Crippen LogP contribution in [0.15, 0.2) is 85.5 Å². The van der Waals surface area contributed by atoms with E-state index in [2.05, 4.69) is 9.97 Å². The van der Waals surface area contributed by atoms with Crippen LogP contribution < -0.4 is 0 Å². The normalized spacial score (nSPS) is 15.0. The van der Waals surface area contributed by atoms with Crippen LogP contribution in [0.4, 0.5) is 0 Å². The molecular formula is C34H34Cl4N2O6. The topological polar surface area (TPSA) is 141 Å². The number of carboxylic acid groups (broad SMARTS) is 2. The molecule has 0 saturated carbocycles. The lowest BCUT2D eigenvalue weighted by molar-refractivity contribution is -0.142. The van der Waals surface area contributed by atoms with E-state index >= 15 is 0 Å². The zero-order valence-electron chi connectivity index (χ0n) is 25.0. The fourth-order valence-electron chi connectivity index (χ4n) is 4.90. The summed E-state index contributed by atoms with van der Waals surface area (Å²) >= 11 is 23.7. The van der Waals surface area contributed by atoms with Gasteiger partial charge in [0.1, 0.15) is 0 Å². The summed E-state index contributed by atoms with van der Waals surface area (Å²) in [6.45, 7) is 3.23. The summed E-state index contributed by atoms with van der Waals surface area (Å²) in [4.78, 5) is 30.5. The molecule has 0 aliphatic carbocycles. The predicted octanol–water partition coefficient (Wildman–Crippen LogP) is 8.63. The van der Waals surface area contributed by atoms with Crippen LogP contribution in [-0.4, -0.2) is 42.3 Å². The van der Waals surface area contributed by atoms with Gasteiger partial charge in [-0.3, -0.25) is 19.6 Å². The summed E-state index contributed by atoms with van der Waals surface area (Å²) in [5.41, 5.74) is 2.73. The number of hydrogen-bond acceptors (Lipinski definition) is 6. The van der Waals surface area contributed by atoms with E-state index in [1.807, 2.05) is 0 Å². The minimum absolute atomic E-state index is 0.265. The van der Waals surface area contributed by atoms with Crippen LogP contribution in [0.2, 0.25) is 20.1 Å². The van der Waals surface area contributed by atoms with Crippen molar-refractivity contribution in [1.82, 2.24) is 9.97 Å². The highest BCUT2D eigenvalue weighted by atomic mass is 35.5. The highest BCUT2D eigenvalue weighted by molar-refractivity contribution is 6.31. The molecule has 12 heteroatoms. The van der Waals surface area contributed by atoms with Gasteiger partial charge in [-0.05, 0) is 71.5 Å². The number of aliphatic carboxylic acids is 2. The Balaban J connectivity index is 0.000000250. The van der Waals surface area contributed by atoms with E-state index in [4.69, 9.17) is 46.4 Å². The minimum atomic E-state index is -0.909. The van der Waals surface area contributed by atoms with Crippen molar-refractivity contribution in [3.05, 3.63) is 128 Å². The second kappa shape index (κ2) is 17.6. The number of aromatic nitrogens is 2. The molecule has 0 saturated heterocycles. The zero-order valence-corrected chi connectivity index (χ0v) is 28.0. The first-order valence-corrected chi connectivity index (χ1v) is 15.8. The molecule has 46 heavy (non-hydrogen) atoms. The maximum atomic E-state index is 11.2. The third kappa shape index (κ3) is 10.9. The summed E-state index contributed by atoms with van der Waals surface area (Å²) < 4.78 is 0. The molecule has 0 bridgehead atoms. The molecule has 0 spiro atoms. The van der Waals surface area contributed by atoms with Gasteiger partial charge in [0.15, 0.2) is 0 Å². The summed E-state index contributed by atoms with van der Waals surface area (Å²) in [6, 6.07) is 17.1. The van der Waals surface area contributed by atoms with Gasteiger partial charge in [0.05, 0.1) is 34.1 Å². The molecule has 6 atom stereocenters. The van der Waals surface area contributed by atoms with Crippen molar-refractivity contribution in [2.45, 2.75) is 50.7 Å². The largest absolute Gasteiger partial charge is 0.481 e. The van der Waals surface area contributed by atoms with Gasteiger partial charge in [0.25, 0.3) is 0 Å². The summed E-state index contributed by atoms with van der Waals surface area (Å²) in [7, 11) is 0. The molecule has 4 rings (SSSR count). The summed E-state index contributed by atoms with van der Waals surface area (Å²) in [6.07, 6.45) is 4.97. The summed E-state index contributed by atoms with van der Waals surface area (Å²) in [5, 5.41) is 41.9. The van der Waals surface area contributed by atoms with E-state index < -0.39 is 47.8 Å². The molecule has 244 valence electrons. The Hall–Kier alpha value is -3.24. The fraction of sp³-hybridized carbons (Fsp3) is 0.294. The second-order valence-electron chi connectivity index (χ2n) is 11.0. The van der Waals surface area contributed by atoms with Gasteiger partial charge in [0, 0.05) is 46.7 Å². The number of rotatable bonds is 12. The molecule has 0 amide bonds. The van der Waals surface area contributed by atoms with E-state index in [1.165, 1.54) is 12.4 Å². The number of aliphatic hydroxyl groups excluding tert-OH is 2. The third-order valence-electron chi connectivity index (χ3n) is 7.55. The molecule has 0 aliphatic rings. The maximum Gasteiger partial charge on any atom is 0.306 e. The first-order valence-electron chi connectivity index (χ1n) is 14.3. The Morgan fingerprint density at radius 2 is 0.891 bits per heavy atom. The number of pyridine rings is 2. The molecule has 2 heterocycles. The van der Waals surface area contributed by atoms with Gasteiger partial charge >= 0.3 is 11.9 Å². The zero-order chi connectivity index (χ0) is 34.0. The predicted molar refractivity (Wildman–Crippen MR) is 180 cm³/mol. The molecule has 2 aromatic carbocycles. The molecule has 0 fully saturated rings. The highest BCUT2D eigenvalue weighted by Gasteiger charge is 2.29. The number of carboxylic acids is 2. The number of nitrogens with zero attached hydrogens (tertiary/aromatic N) is 2.